The van der Waals surface area contributed by atoms with Crippen LogP contribution in [-0.4, -0.2) is 21.0 Å². The normalized spacial score (nSPS) is 15.3. The highest BCUT2D eigenvalue weighted by Gasteiger charge is 2.23. The minimum Gasteiger partial charge on any atom is -0.478 e. The maximum Gasteiger partial charge on any atom is 0.340 e. The zero-order valence-corrected chi connectivity index (χ0v) is 15.6. The first-order chi connectivity index (χ1) is 12.0. The van der Waals surface area contributed by atoms with Crippen molar-refractivity contribution in [2.24, 2.45) is 0 Å². The molecule has 0 unspecified atom stereocenters. The molecule has 4 nitrogen and oxygen atoms in total. The van der Waals surface area contributed by atoms with Gasteiger partial charge >= 0.3 is 5.97 Å². The van der Waals surface area contributed by atoms with Crippen molar-refractivity contribution in [3.63, 3.8) is 0 Å². The predicted molar refractivity (Wildman–Crippen MR) is 100 cm³/mol. The Labute approximate surface area is 153 Å². The van der Waals surface area contributed by atoms with Gasteiger partial charge in [0, 0.05) is 11.7 Å². The van der Waals surface area contributed by atoms with Crippen LogP contribution < -0.4 is 0 Å². The second-order valence-electron chi connectivity index (χ2n) is 6.77. The Hall–Kier alpha value is -1.88. The molecule has 2 aromatic rings. The second kappa shape index (κ2) is 8.00. The Bertz CT molecular complexity index is 770. The fraction of sp³-hybridized carbons (Fsp3) is 0.450. The molecule has 0 aliphatic heterocycles. The van der Waals surface area contributed by atoms with Gasteiger partial charge in [0.25, 0.3) is 0 Å². The monoisotopic (exact) mass is 356 g/mol. The topological polar surface area (TPSA) is 63.1 Å². The summed E-state index contributed by atoms with van der Waals surface area (Å²) >= 11 is 1.50. The van der Waals surface area contributed by atoms with Gasteiger partial charge in [0.2, 0.25) is 0 Å². The molecular formula is C20H24N2O2S. The number of carboxylic acid groups (broad SMARTS) is 1. The van der Waals surface area contributed by atoms with Crippen LogP contribution in [0, 0.1) is 13.8 Å². The lowest BCUT2D eigenvalue weighted by Crippen LogP contribution is -2.14. The van der Waals surface area contributed by atoms with Crippen LogP contribution in [0.2, 0.25) is 0 Å². The molecule has 0 saturated heterocycles. The summed E-state index contributed by atoms with van der Waals surface area (Å²) < 4.78 is 0. The lowest BCUT2D eigenvalue weighted by molar-refractivity contribution is 0.0690. The van der Waals surface area contributed by atoms with E-state index in [-0.39, 0.29) is 5.56 Å². The van der Waals surface area contributed by atoms with Crippen LogP contribution in [0.3, 0.4) is 0 Å². The first-order valence-electron chi connectivity index (χ1n) is 8.85. The van der Waals surface area contributed by atoms with Crippen molar-refractivity contribution in [2.75, 3.05) is 0 Å². The number of hydrogen-bond acceptors (Lipinski definition) is 4. The van der Waals surface area contributed by atoms with Gasteiger partial charge in [0.05, 0.1) is 5.69 Å². The van der Waals surface area contributed by atoms with E-state index >= 15 is 0 Å². The minimum absolute atomic E-state index is 0.247. The molecule has 1 aromatic heterocycles. The Morgan fingerprint density at radius 1 is 1.20 bits per heavy atom. The van der Waals surface area contributed by atoms with Crippen LogP contribution in [0.15, 0.2) is 29.3 Å². The highest BCUT2D eigenvalue weighted by Crippen LogP contribution is 2.33. The van der Waals surface area contributed by atoms with Crippen molar-refractivity contribution >= 4 is 17.7 Å². The van der Waals surface area contributed by atoms with Crippen LogP contribution in [0.25, 0.3) is 0 Å². The summed E-state index contributed by atoms with van der Waals surface area (Å²) in [6.45, 7) is 3.85. The maximum absolute atomic E-state index is 11.7. The van der Waals surface area contributed by atoms with Gasteiger partial charge in [-0.3, -0.25) is 0 Å². The molecule has 1 fully saturated rings. The summed E-state index contributed by atoms with van der Waals surface area (Å²) in [5.41, 5.74) is 3.21. The van der Waals surface area contributed by atoms with Crippen molar-refractivity contribution in [1.29, 1.82) is 0 Å². The molecule has 3 rings (SSSR count). The smallest absolute Gasteiger partial charge is 0.340 e. The molecular weight excluding hydrogens is 332 g/mol. The lowest BCUT2D eigenvalue weighted by atomic mass is 9.88. The number of aromatic carboxylic acids is 1. The molecule has 5 heteroatoms. The Morgan fingerprint density at radius 3 is 2.64 bits per heavy atom. The zero-order chi connectivity index (χ0) is 17.8. The van der Waals surface area contributed by atoms with Crippen molar-refractivity contribution in [3.05, 3.63) is 52.5 Å². The lowest BCUT2D eigenvalue weighted by Gasteiger charge is -2.21. The Kier molecular flexibility index (Phi) is 5.74. The molecule has 1 saturated carbocycles. The number of aromatic nitrogens is 2. The van der Waals surface area contributed by atoms with E-state index in [2.05, 4.69) is 35.1 Å². The molecule has 1 aliphatic rings. The third-order valence-corrected chi connectivity index (χ3v) is 5.76. The number of carboxylic acids is 1. The standard InChI is InChI=1S/C20H24N2O2S/c1-13-7-6-8-15(11-13)12-25-19-17(20(23)24)14(2)21-18(22-19)16-9-4-3-5-10-16/h6-8,11,16H,3-5,9-10,12H2,1-2H3,(H,23,24). The number of carbonyl (C=O) groups is 1. The Balaban J connectivity index is 1.88. The quantitative estimate of drug-likeness (QED) is 0.594. The number of benzene rings is 1. The van der Waals surface area contributed by atoms with Gasteiger partial charge in [0.1, 0.15) is 16.4 Å². The van der Waals surface area contributed by atoms with Crippen molar-refractivity contribution < 1.29 is 9.90 Å². The predicted octanol–water partition coefficient (Wildman–Crippen LogP) is 5.13. The van der Waals surface area contributed by atoms with Gasteiger partial charge in [-0.15, -0.1) is 11.8 Å². The fourth-order valence-electron chi connectivity index (χ4n) is 3.42. The zero-order valence-electron chi connectivity index (χ0n) is 14.8. The first-order valence-corrected chi connectivity index (χ1v) is 9.83. The van der Waals surface area contributed by atoms with E-state index in [4.69, 9.17) is 0 Å². The highest BCUT2D eigenvalue weighted by molar-refractivity contribution is 7.98. The molecule has 25 heavy (non-hydrogen) atoms. The number of hydrogen-bond donors (Lipinski definition) is 1. The number of rotatable bonds is 5. The van der Waals surface area contributed by atoms with Gasteiger partial charge in [0.15, 0.2) is 0 Å². The van der Waals surface area contributed by atoms with E-state index in [9.17, 15) is 9.90 Å². The molecule has 0 radical (unpaired) electrons. The van der Waals surface area contributed by atoms with E-state index in [0.717, 1.165) is 18.7 Å². The van der Waals surface area contributed by atoms with Crippen LogP contribution in [0.4, 0.5) is 0 Å². The molecule has 1 aliphatic carbocycles. The number of thioether (sulfide) groups is 1. The minimum atomic E-state index is -0.945. The summed E-state index contributed by atoms with van der Waals surface area (Å²) in [5, 5.41) is 10.2. The van der Waals surface area contributed by atoms with Gasteiger partial charge in [-0.1, -0.05) is 49.1 Å². The van der Waals surface area contributed by atoms with E-state index in [0.29, 0.717) is 22.4 Å². The number of aryl methyl sites for hydroxylation is 2. The molecule has 0 amide bonds. The van der Waals surface area contributed by atoms with Crippen LogP contribution in [0.1, 0.15) is 71.0 Å². The molecule has 0 bridgehead atoms. The van der Waals surface area contributed by atoms with E-state index in [1.54, 1.807) is 6.92 Å². The van der Waals surface area contributed by atoms with Crippen LogP contribution >= 0.6 is 11.8 Å². The van der Waals surface area contributed by atoms with E-state index in [1.807, 2.05) is 6.07 Å². The summed E-state index contributed by atoms with van der Waals surface area (Å²) in [7, 11) is 0. The fourth-order valence-corrected chi connectivity index (χ4v) is 4.44. The molecule has 1 heterocycles. The molecule has 1 aromatic carbocycles. The third kappa shape index (κ3) is 4.40. The summed E-state index contributed by atoms with van der Waals surface area (Å²) in [6.07, 6.45) is 5.90. The largest absolute Gasteiger partial charge is 0.478 e. The van der Waals surface area contributed by atoms with Gasteiger partial charge in [-0.05, 0) is 32.3 Å². The molecule has 1 N–H and O–H groups in total. The van der Waals surface area contributed by atoms with Crippen molar-refractivity contribution in [1.82, 2.24) is 9.97 Å². The average Bonchev–Trinajstić information content (AvgIpc) is 2.60. The van der Waals surface area contributed by atoms with Crippen LogP contribution in [-0.2, 0) is 5.75 Å². The molecule has 0 atom stereocenters. The van der Waals surface area contributed by atoms with E-state index < -0.39 is 5.97 Å². The summed E-state index contributed by atoms with van der Waals surface area (Å²) in [4.78, 5) is 20.9. The van der Waals surface area contributed by atoms with Gasteiger partial charge in [-0.25, -0.2) is 14.8 Å². The SMILES string of the molecule is Cc1cccc(CSc2nc(C3CCCCC3)nc(C)c2C(=O)O)c1. The molecule has 132 valence electrons. The maximum atomic E-state index is 11.7. The third-order valence-electron chi connectivity index (χ3n) is 4.72. The highest BCUT2D eigenvalue weighted by atomic mass is 32.2. The average molecular weight is 356 g/mol. The first kappa shape index (κ1) is 17.9. The Morgan fingerprint density at radius 2 is 1.96 bits per heavy atom. The van der Waals surface area contributed by atoms with E-state index in [1.165, 1.54) is 42.2 Å². The van der Waals surface area contributed by atoms with Crippen LogP contribution in [0.5, 0.6) is 0 Å². The number of nitrogens with zero attached hydrogens (tertiary/aromatic N) is 2. The summed E-state index contributed by atoms with van der Waals surface area (Å²) in [6, 6.07) is 8.29. The summed E-state index contributed by atoms with van der Waals surface area (Å²) in [5.74, 6) is 0.963. The van der Waals surface area contributed by atoms with Gasteiger partial charge < -0.3 is 5.11 Å². The van der Waals surface area contributed by atoms with Crippen molar-refractivity contribution in [3.8, 4) is 0 Å². The molecule has 0 spiro atoms. The van der Waals surface area contributed by atoms with Gasteiger partial charge in [-0.2, -0.15) is 0 Å². The second-order valence-corrected chi connectivity index (χ2v) is 7.73. The van der Waals surface area contributed by atoms with Crippen molar-refractivity contribution in [2.45, 2.75) is 62.6 Å².